The predicted molar refractivity (Wildman–Crippen MR) is 122 cm³/mol. The number of carbonyl (C=O) groups is 3. The molecule has 1 fully saturated rings. The summed E-state index contributed by atoms with van der Waals surface area (Å²) in [6.45, 7) is 1.68. The number of hydrogen-bond acceptors (Lipinski definition) is 8. The van der Waals surface area contributed by atoms with Crippen LogP contribution < -0.4 is 16.0 Å². The molecule has 4 heterocycles. The normalized spacial score (nSPS) is 16.0. The summed E-state index contributed by atoms with van der Waals surface area (Å²) in [4.78, 5) is 44.3. The smallest absolute Gasteiger partial charge is 0.413 e. The zero-order valence-corrected chi connectivity index (χ0v) is 19.0. The van der Waals surface area contributed by atoms with Crippen molar-refractivity contribution in [3.8, 4) is 11.4 Å². The van der Waals surface area contributed by atoms with E-state index in [2.05, 4.69) is 36.2 Å². The monoisotopic (exact) mass is 484 g/mol. The van der Waals surface area contributed by atoms with Crippen LogP contribution in [0.2, 0.25) is 5.15 Å². The number of aromatic nitrogens is 5. The number of hydrogen-bond donors (Lipinski definition) is 3. The van der Waals surface area contributed by atoms with Gasteiger partial charge >= 0.3 is 6.09 Å². The number of ether oxygens (including phenoxy) is 1. The fourth-order valence-corrected chi connectivity index (χ4v) is 3.64. The number of carbonyl (C=O) groups excluding carboxylic acids is 3. The summed E-state index contributed by atoms with van der Waals surface area (Å²) in [6.07, 6.45) is 2.40. The molecule has 0 bridgehead atoms. The van der Waals surface area contributed by atoms with Crippen molar-refractivity contribution >= 4 is 41.0 Å². The quantitative estimate of drug-likeness (QED) is 0.451. The van der Waals surface area contributed by atoms with Crippen LogP contribution >= 0.6 is 11.6 Å². The number of rotatable bonds is 6. The van der Waals surface area contributed by atoms with Gasteiger partial charge in [0.1, 0.15) is 17.3 Å². The van der Waals surface area contributed by atoms with Crippen molar-refractivity contribution in [3.05, 3.63) is 47.4 Å². The number of aryl methyl sites for hydroxylation is 1. The third kappa shape index (κ3) is 5.12. The van der Waals surface area contributed by atoms with E-state index in [4.69, 9.17) is 16.3 Å². The summed E-state index contributed by atoms with van der Waals surface area (Å²) in [5, 5.41) is 16.2. The molecule has 3 aromatic heterocycles. The Labute approximate surface area is 199 Å². The largest absolute Gasteiger partial charge is 0.441 e. The van der Waals surface area contributed by atoms with E-state index in [1.165, 1.54) is 10.9 Å². The van der Waals surface area contributed by atoms with Crippen LogP contribution in [0, 0.1) is 0 Å². The topological polar surface area (TPSA) is 153 Å². The highest BCUT2D eigenvalue weighted by atomic mass is 35.5. The molecule has 1 aliphatic heterocycles. The lowest BCUT2D eigenvalue weighted by molar-refractivity contribution is -0.122. The van der Waals surface area contributed by atoms with E-state index in [0.717, 1.165) is 0 Å². The second kappa shape index (κ2) is 9.83. The van der Waals surface area contributed by atoms with E-state index in [0.29, 0.717) is 35.5 Å². The van der Waals surface area contributed by atoms with Gasteiger partial charge < -0.3 is 15.4 Å². The number of pyridine rings is 2. The summed E-state index contributed by atoms with van der Waals surface area (Å²) in [5.74, 6) is -0.187. The number of halogens is 1. The lowest BCUT2D eigenvalue weighted by atomic mass is 10.2. The standard InChI is InChI=1S/C21H21ClN8O4/c1-11(13-4-3-9-23-18(13)22)34-21(33)27-19-17(28-29-30(19)2)14-6-5-12(10-24-14)25-20(32)15-7-8-16(31)26-15/h3-6,9-11,15H,7-8H2,1-2H3,(H,25,32)(H,26,31)(H,27,33)/t11-,15+/m1/s1. The van der Waals surface area contributed by atoms with Crippen LogP contribution in [0.1, 0.15) is 31.4 Å². The highest BCUT2D eigenvalue weighted by molar-refractivity contribution is 6.30. The first-order chi connectivity index (χ1) is 16.3. The molecule has 176 valence electrons. The number of anilines is 2. The van der Waals surface area contributed by atoms with Crippen LogP contribution in [0.4, 0.5) is 16.3 Å². The minimum absolute atomic E-state index is 0.146. The molecule has 34 heavy (non-hydrogen) atoms. The Kier molecular flexibility index (Phi) is 6.68. The summed E-state index contributed by atoms with van der Waals surface area (Å²) < 4.78 is 6.79. The fourth-order valence-electron chi connectivity index (χ4n) is 3.37. The molecule has 3 aromatic rings. The van der Waals surface area contributed by atoms with Crippen molar-refractivity contribution in [2.75, 3.05) is 10.6 Å². The van der Waals surface area contributed by atoms with Crippen molar-refractivity contribution in [1.29, 1.82) is 0 Å². The Morgan fingerprint density at radius 3 is 2.76 bits per heavy atom. The summed E-state index contributed by atoms with van der Waals surface area (Å²) in [7, 11) is 1.61. The lowest BCUT2D eigenvalue weighted by Gasteiger charge is -2.15. The maximum Gasteiger partial charge on any atom is 0.413 e. The second-order valence-corrected chi connectivity index (χ2v) is 7.90. The first-order valence-corrected chi connectivity index (χ1v) is 10.7. The minimum atomic E-state index is -0.735. The van der Waals surface area contributed by atoms with E-state index in [-0.39, 0.29) is 22.8 Å². The average Bonchev–Trinajstić information content (AvgIpc) is 3.40. The zero-order chi connectivity index (χ0) is 24.2. The van der Waals surface area contributed by atoms with E-state index in [1.54, 1.807) is 44.4 Å². The third-order valence-corrected chi connectivity index (χ3v) is 5.46. The molecule has 2 atom stereocenters. The van der Waals surface area contributed by atoms with Gasteiger partial charge in [0, 0.05) is 25.2 Å². The van der Waals surface area contributed by atoms with E-state index in [9.17, 15) is 14.4 Å². The van der Waals surface area contributed by atoms with Gasteiger partial charge in [0.15, 0.2) is 11.5 Å². The van der Waals surface area contributed by atoms with Crippen molar-refractivity contribution in [1.82, 2.24) is 30.3 Å². The molecule has 0 aliphatic carbocycles. The van der Waals surface area contributed by atoms with E-state index >= 15 is 0 Å². The van der Waals surface area contributed by atoms with Gasteiger partial charge in [0.2, 0.25) is 11.8 Å². The first kappa shape index (κ1) is 23.1. The highest BCUT2D eigenvalue weighted by Gasteiger charge is 2.27. The van der Waals surface area contributed by atoms with Gasteiger partial charge in [-0.25, -0.2) is 14.5 Å². The maximum atomic E-state index is 12.5. The molecule has 0 saturated carbocycles. The van der Waals surface area contributed by atoms with Gasteiger partial charge in [0.25, 0.3) is 0 Å². The molecule has 1 aliphatic rings. The molecule has 0 unspecified atom stereocenters. The molecule has 4 rings (SSSR count). The van der Waals surface area contributed by atoms with Crippen LogP contribution in [-0.2, 0) is 21.4 Å². The lowest BCUT2D eigenvalue weighted by Crippen LogP contribution is -2.37. The van der Waals surface area contributed by atoms with Gasteiger partial charge in [-0.05, 0) is 31.5 Å². The van der Waals surface area contributed by atoms with Gasteiger partial charge in [0.05, 0.1) is 17.6 Å². The third-order valence-electron chi connectivity index (χ3n) is 5.14. The number of nitrogens with one attached hydrogen (secondary N) is 3. The minimum Gasteiger partial charge on any atom is -0.441 e. The number of nitrogens with zero attached hydrogens (tertiary/aromatic N) is 5. The summed E-state index contributed by atoms with van der Waals surface area (Å²) >= 11 is 6.06. The van der Waals surface area contributed by atoms with Crippen molar-refractivity contribution in [2.24, 2.45) is 7.05 Å². The van der Waals surface area contributed by atoms with Gasteiger partial charge in [-0.2, -0.15) is 0 Å². The van der Waals surface area contributed by atoms with Gasteiger partial charge in [-0.3, -0.25) is 19.9 Å². The average molecular weight is 485 g/mol. The molecule has 3 amide bonds. The van der Waals surface area contributed by atoms with Crippen LogP contribution in [0.3, 0.4) is 0 Å². The van der Waals surface area contributed by atoms with Gasteiger partial charge in [-0.15, -0.1) is 5.10 Å². The Hall–Kier alpha value is -4.06. The van der Waals surface area contributed by atoms with Crippen LogP contribution in [0.25, 0.3) is 11.4 Å². The highest BCUT2D eigenvalue weighted by Crippen LogP contribution is 2.27. The Bertz CT molecular complexity index is 1230. The van der Waals surface area contributed by atoms with Gasteiger partial charge in [-0.1, -0.05) is 22.9 Å². The Morgan fingerprint density at radius 2 is 2.09 bits per heavy atom. The summed E-state index contributed by atoms with van der Waals surface area (Å²) in [5.41, 5.74) is 1.75. The molecular formula is C21H21ClN8O4. The number of amides is 3. The van der Waals surface area contributed by atoms with Crippen molar-refractivity contribution in [3.63, 3.8) is 0 Å². The van der Waals surface area contributed by atoms with Crippen LogP contribution in [-0.4, -0.2) is 48.9 Å². The van der Waals surface area contributed by atoms with Crippen LogP contribution in [0.15, 0.2) is 36.7 Å². The molecule has 0 aromatic carbocycles. The van der Waals surface area contributed by atoms with E-state index < -0.39 is 18.2 Å². The molecule has 1 saturated heterocycles. The maximum absolute atomic E-state index is 12.5. The van der Waals surface area contributed by atoms with Crippen molar-refractivity contribution < 1.29 is 19.1 Å². The molecule has 0 spiro atoms. The Morgan fingerprint density at radius 1 is 1.26 bits per heavy atom. The summed E-state index contributed by atoms with van der Waals surface area (Å²) in [6, 6.07) is 6.12. The van der Waals surface area contributed by atoms with Crippen molar-refractivity contribution in [2.45, 2.75) is 31.9 Å². The first-order valence-electron chi connectivity index (χ1n) is 10.4. The molecule has 13 heteroatoms. The second-order valence-electron chi connectivity index (χ2n) is 7.55. The molecule has 3 N–H and O–H groups in total. The molecular weight excluding hydrogens is 464 g/mol. The predicted octanol–water partition coefficient (Wildman–Crippen LogP) is 2.45. The molecule has 0 radical (unpaired) electrons. The fraction of sp³-hybridized carbons (Fsp3) is 0.286. The SMILES string of the molecule is C[C@@H](OC(=O)Nc1c(-c2ccc(NC(=O)[C@@H]3CCC(=O)N3)cn2)nnn1C)c1cccnc1Cl. The van der Waals surface area contributed by atoms with Crippen LogP contribution in [0.5, 0.6) is 0 Å². The van der Waals surface area contributed by atoms with E-state index in [1.807, 2.05) is 0 Å². The molecule has 12 nitrogen and oxygen atoms in total. The Balaban J connectivity index is 1.43. The zero-order valence-electron chi connectivity index (χ0n) is 18.3.